The Morgan fingerprint density at radius 3 is 1.33 bits per heavy atom. The number of unbranched alkanes of at least 4 members (excludes halogenated alkanes) is 31. The van der Waals surface area contributed by atoms with E-state index in [9.17, 15) is 19.4 Å². The van der Waals surface area contributed by atoms with Gasteiger partial charge in [-0.05, 0) is 38.5 Å². The van der Waals surface area contributed by atoms with E-state index in [1.807, 2.05) is 21.1 Å². The number of phosphoric acid groups is 1. The van der Waals surface area contributed by atoms with E-state index in [1.54, 1.807) is 0 Å². The van der Waals surface area contributed by atoms with Crippen molar-refractivity contribution in [3.63, 3.8) is 0 Å². The van der Waals surface area contributed by atoms with Crippen molar-refractivity contribution in [2.24, 2.45) is 0 Å². The third kappa shape index (κ3) is 43.3. The van der Waals surface area contributed by atoms with Crippen molar-refractivity contribution in [1.82, 2.24) is 5.32 Å². The van der Waals surface area contributed by atoms with Crippen LogP contribution in [0, 0.1) is 0 Å². The zero-order valence-electron chi connectivity index (χ0n) is 39.3. The summed E-state index contributed by atoms with van der Waals surface area (Å²) in [6.45, 7) is 4.88. The van der Waals surface area contributed by atoms with Crippen molar-refractivity contribution < 1.29 is 32.9 Å². The maximum absolute atomic E-state index is 12.9. The molecule has 0 aromatic heterocycles. The van der Waals surface area contributed by atoms with Crippen LogP contribution in [0.5, 0.6) is 0 Å². The molecule has 0 aromatic rings. The summed E-state index contributed by atoms with van der Waals surface area (Å²) in [5.41, 5.74) is 0. The zero-order chi connectivity index (χ0) is 42.8. The number of aliphatic hydroxyl groups excluding tert-OH is 1. The number of nitrogens with one attached hydrogen (secondary N) is 1. The SMILES string of the molecule is CCCCCCCCC/C=C/CCCC[C@@H](O)[C@H](COP(=O)(O)OCC[N+](C)(C)C)NC(=O)CCCCCCCCCCCCCCCCCCCCCCCCC. The molecule has 8 nitrogen and oxygen atoms in total. The monoisotopic (exact) mass is 844 g/mol. The van der Waals surface area contributed by atoms with Crippen molar-refractivity contribution in [1.29, 1.82) is 0 Å². The zero-order valence-corrected chi connectivity index (χ0v) is 40.2. The first-order chi connectivity index (χ1) is 28.0. The lowest BCUT2D eigenvalue weighted by Gasteiger charge is -2.26. The predicted molar refractivity (Wildman–Crippen MR) is 249 cm³/mol. The number of quaternary nitrogens is 1. The number of rotatable bonds is 46. The van der Waals surface area contributed by atoms with Gasteiger partial charge in [0.15, 0.2) is 0 Å². The molecule has 58 heavy (non-hydrogen) atoms. The summed E-state index contributed by atoms with van der Waals surface area (Å²) in [4.78, 5) is 23.2. The first-order valence-electron chi connectivity index (χ1n) is 25.1. The van der Waals surface area contributed by atoms with Crippen LogP contribution in [0.1, 0.15) is 245 Å². The highest BCUT2D eigenvalue weighted by atomic mass is 31.2. The van der Waals surface area contributed by atoms with Crippen molar-refractivity contribution in [3.05, 3.63) is 12.2 Å². The smallest absolute Gasteiger partial charge is 0.391 e. The number of likely N-dealkylation sites (N-methyl/N-ethyl adjacent to an activating group) is 1. The van der Waals surface area contributed by atoms with Crippen LogP contribution < -0.4 is 5.32 Å². The summed E-state index contributed by atoms with van der Waals surface area (Å²) in [6, 6.07) is -0.771. The van der Waals surface area contributed by atoms with Gasteiger partial charge in [0.2, 0.25) is 5.91 Å². The van der Waals surface area contributed by atoms with E-state index in [2.05, 4.69) is 31.3 Å². The normalized spacial score (nSPS) is 14.3. The fourth-order valence-electron chi connectivity index (χ4n) is 7.51. The molecule has 9 heteroatoms. The van der Waals surface area contributed by atoms with Crippen LogP contribution >= 0.6 is 7.82 Å². The Bertz CT molecular complexity index is 958. The molecule has 0 radical (unpaired) electrons. The molecule has 346 valence electrons. The van der Waals surface area contributed by atoms with Gasteiger partial charge in [-0.15, -0.1) is 0 Å². The van der Waals surface area contributed by atoms with Crippen LogP contribution in [0.15, 0.2) is 12.2 Å². The number of carbonyl (C=O) groups excluding carboxylic acids is 1. The molecule has 0 bridgehead atoms. The van der Waals surface area contributed by atoms with Crippen molar-refractivity contribution in [2.45, 2.75) is 257 Å². The first kappa shape index (κ1) is 57.2. The molecule has 0 aliphatic rings. The van der Waals surface area contributed by atoms with E-state index in [0.717, 1.165) is 44.9 Å². The third-order valence-electron chi connectivity index (χ3n) is 11.5. The second-order valence-corrected chi connectivity index (χ2v) is 20.0. The second-order valence-electron chi connectivity index (χ2n) is 18.5. The van der Waals surface area contributed by atoms with E-state index in [1.165, 1.54) is 173 Å². The van der Waals surface area contributed by atoms with E-state index in [-0.39, 0.29) is 19.1 Å². The number of hydrogen-bond donors (Lipinski definition) is 3. The number of nitrogens with zero attached hydrogens (tertiary/aromatic N) is 1. The minimum Gasteiger partial charge on any atom is -0.391 e. The van der Waals surface area contributed by atoms with Crippen molar-refractivity contribution in [2.75, 3.05) is 40.9 Å². The minimum absolute atomic E-state index is 0.0723. The molecule has 3 atom stereocenters. The van der Waals surface area contributed by atoms with Crippen LogP contribution in [0.3, 0.4) is 0 Å². The van der Waals surface area contributed by atoms with Gasteiger partial charge >= 0.3 is 7.82 Å². The molecule has 0 heterocycles. The third-order valence-corrected chi connectivity index (χ3v) is 12.5. The van der Waals surface area contributed by atoms with Gasteiger partial charge < -0.3 is 19.8 Å². The Labute approximate surface area is 361 Å². The van der Waals surface area contributed by atoms with E-state index in [4.69, 9.17) is 9.05 Å². The Kier molecular flexibility index (Phi) is 41.0. The van der Waals surface area contributed by atoms with Gasteiger partial charge in [-0.25, -0.2) is 4.57 Å². The van der Waals surface area contributed by atoms with Crippen LogP contribution in [0.4, 0.5) is 0 Å². The minimum atomic E-state index is -4.32. The molecule has 0 aliphatic heterocycles. The number of allylic oxidation sites excluding steroid dienone is 2. The molecule has 0 rings (SSSR count). The maximum atomic E-state index is 12.9. The van der Waals surface area contributed by atoms with Gasteiger partial charge in [-0.2, -0.15) is 0 Å². The van der Waals surface area contributed by atoms with Crippen molar-refractivity contribution >= 4 is 13.7 Å². The fourth-order valence-corrected chi connectivity index (χ4v) is 8.25. The second kappa shape index (κ2) is 41.6. The molecule has 1 unspecified atom stereocenters. The predicted octanol–water partition coefficient (Wildman–Crippen LogP) is 14.3. The molecule has 3 N–H and O–H groups in total. The average molecular weight is 844 g/mol. The van der Waals surface area contributed by atoms with Gasteiger partial charge in [-0.3, -0.25) is 13.8 Å². The molecular weight excluding hydrogens is 744 g/mol. The summed E-state index contributed by atoms with van der Waals surface area (Å²) in [7, 11) is 1.61. The summed E-state index contributed by atoms with van der Waals surface area (Å²) >= 11 is 0. The number of hydrogen-bond acceptors (Lipinski definition) is 5. The lowest BCUT2D eigenvalue weighted by atomic mass is 10.0. The lowest BCUT2D eigenvalue weighted by Crippen LogP contribution is -2.46. The highest BCUT2D eigenvalue weighted by Gasteiger charge is 2.28. The summed E-state index contributed by atoms with van der Waals surface area (Å²) in [6.07, 6.45) is 48.3. The average Bonchev–Trinajstić information content (AvgIpc) is 3.17. The number of phosphoric ester groups is 1. The van der Waals surface area contributed by atoms with Crippen molar-refractivity contribution in [3.8, 4) is 0 Å². The Hall–Kier alpha value is -0.760. The van der Waals surface area contributed by atoms with Crippen LogP contribution in [-0.2, 0) is 18.4 Å². The van der Waals surface area contributed by atoms with E-state index < -0.39 is 20.0 Å². The lowest BCUT2D eigenvalue weighted by molar-refractivity contribution is -0.870. The standard InChI is InChI=1S/C49H99N2O6P/c1-6-8-10-12-14-16-18-20-21-22-23-24-25-26-27-28-29-31-33-35-37-39-41-43-49(53)50-47(46-57-58(54,55)56-45-44-51(3,4)5)48(52)42-40-38-36-34-32-30-19-17-15-13-11-9-7-2/h32,34,47-48,52H,6-31,33,35-46H2,1-5H3,(H-,50,53,54,55)/p+1/b34-32+/t47-,48+/m0/s1. The van der Waals surface area contributed by atoms with Crippen LogP contribution in [0.25, 0.3) is 0 Å². The number of aliphatic hydroxyl groups is 1. The summed E-state index contributed by atoms with van der Waals surface area (Å²) in [5.74, 6) is -0.150. The van der Waals surface area contributed by atoms with Crippen LogP contribution in [-0.4, -0.2) is 73.4 Å². The largest absolute Gasteiger partial charge is 0.472 e. The summed E-state index contributed by atoms with van der Waals surface area (Å²) in [5, 5.41) is 14.0. The molecule has 0 fully saturated rings. The highest BCUT2D eigenvalue weighted by molar-refractivity contribution is 7.47. The maximum Gasteiger partial charge on any atom is 0.472 e. The molecular formula is C49H100N2O6P+. The summed E-state index contributed by atoms with van der Waals surface area (Å²) < 4.78 is 23.6. The van der Waals surface area contributed by atoms with E-state index in [0.29, 0.717) is 23.9 Å². The number of amides is 1. The molecule has 0 saturated heterocycles. The van der Waals surface area contributed by atoms with Gasteiger partial charge in [0.1, 0.15) is 13.2 Å². The first-order valence-corrected chi connectivity index (χ1v) is 26.5. The number of carbonyl (C=O) groups is 1. The molecule has 1 amide bonds. The Balaban J connectivity index is 4.18. The van der Waals surface area contributed by atoms with Gasteiger partial charge in [0, 0.05) is 6.42 Å². The van der Waals surface area contributed by atoms with Gasteiger partial charge in [0.25, 0.3) is 0 Å². The highest BCUT2D eigenvalue weighted by Crippen LogP contribution is 2.43. The molecule has 0 aliphatic carbocycles. The molecule has 0 saturated carbocycles. The quantitative estimate of drug-likeness (QED) is 0.0244. The Morgan fingerprint density at radius 2 is 0.931 bits per heavy atom. The Morgan fingerprint density at radius 1 is 0.569 bits per heavy atom. The molecule has 0 aromatic carbocycles. The fraction of sp³-hybridized carbons (Fsp3) is 0.939. The van der Waals surface area contributed by atoms with E-state index >= 15 is 0 Å². The van der Waals surface area contributed by atoms with Gasteiger partial charge in [-0.1, -0.05) is 212 Å². The van der Waals surface area contributed by atoms with Gasteiger partial charge in [0.05, 0.1) is 39.9 Å². The van der Waals surface area contributed by atoms with Crippen LogP contribution in [0.2, 0.25) is 0 Å². The molecule has 0 spiro atoms. The topological polar surface area (TPSA) is 105 Å².